The van der Waals surface area contributed by atoms with E-state index in [1.165, 1.54) is 41.6 Å². The molecule has 1 fully saturated rings. The predicted octanol–water partition coefficient (Wildman–Crippen LogP) is 3.89. The molecule has 0 spiro atoms. The maximum atomic E-state index is 12.3. The number of aromatic nitrogens is 1. The van der Waals surface area contributed by atoms with Gasteiger partial charge in [0.25, 0.3) is 0 Å². The van der Waals surface area contributed by atoms with Crippen LogP contribution in [0.25, 0.3) is 0 Å². The number of ether oxygens (including phenoxy) is 1. The van der Waals surface area contributed by atoms with Gasteiger partial charge in [-0.2, -0.15) is 0 Å². The first-order valence-electron chi connectivity index (χ1n) is 9.43. The minimum atomic E-state index is -0.282. The maximum Gasteiger partial charge on any atom is 0.311 e. The van der Waals surface area contributed by atoms with Crippen LogP contribution in [-0.2, 0) is 20.7 Å². The van der Waals surface area contributed by atoms with Crippen LogP contribution in [0.3, 0.4) is 0 Å². The van der Waals surface area contributed by atoms with Gasteiger partial charge in [-0.1, -0.05) is 11.8 Å². The fourth-order valence-corrected chi connectivity index (χ4v) is 4.71. The van der Waals surface area contributed by atoms with Crippen molar-refractivity contribution in [1.29, 1.82) is 0 Å². The van der Waals surface area contributed by atoms with Crippen LogP contribution >= 0.6 is 23.1 Å². The average Bonchev–Trinajstić information content (AvgIpc) is 3.34. The smallest absolute Gasteiger partial charge is 0.311 e. The van der Waals surface area contributed by atoms with Crippen molar-refractivity contribution in [2.45, 2.75) is 37.4 Å². The highest BCUT2D eigenvalue weighted by Crippen LogP contribution is 2.27. The van der Waals surface area contributed by atoms with Crippen molar-refractivity contribution in [1.82, 2.24) is 4.98 Å². The van der Waals surface area contributed by atoms with Gasteiger partial charge in [0.05, 0.1) is 24.5 Å². The number of anilines is 2. The molecule has 2 heterocycles. The van der Waals surface area contributed by atoms with Crippen LogP contribution in [0.4, 0.5) is 11.4 Å². The lowest BCUT2D eigenvalue weighted by Crippen LogP contribution is -2.18. The molecule has 150 valence electrons. The highest BCUT2D eigenvalue weighted by molar-refractivity contribution is 8.01. The zero-order chi connectivity index (χ0) is 19.9. The number of hydrogen-bond acceptors (Lipinski definition) is 7. The van der Waals surface area contributed by atoms with E-state index in [9.17, 15) is 9.59 Å². The van der Waals surface area contributed by atoms with Crippen LogP contribution in [0.15, 0.2) is 27.9 Å². The Morgan fingerprint density at radius 2 is 2.11 bits per heavy atom. The van der Waals surface area contributed by atoms with Crippen molar-refractivity contribution in [2.24, 2.45) is 0 Å². The van der Waals surface area contributed by atoms with E-state index in [1.54, 1.807) is 6.92 Å². The summed E-state index contributed by atoms with van der Waals surface area (Å²) in [4.78, 5) is 30.6. The van der Waals surface area contributed by atoms with Gasteiger partial charge in [-0.15, -0.1) is 11.3 Å². The summed E-state index contributed by atoms with van der Waals surface area (Å²) < 4.78 is 5.70. The summed E-state index contributed by atoms with van der Waals surface area (Å²) in [6.07, 6.45) is 2.65. The average molecular weight is 420 g/mol. The number of thioether (sulfide) groups is 1. The first-order valence-corrected chi connectivity index (χ1v) is 11.3. The monoisotopic (exact) mass is 419 g/mol. The second kappa shape index (κ2) is 9.93. The Hall–Kier alpha value is -2.06. The molecule has 1 aromatic heterocycles. The van der Waals surface area contributed by atoms with Gasteiger partial charge in [-0.05, 0) is 50.5 Å². The summed E-state index contributed by atoms with van der Waals surface area (Å²) in [5, 5.41) is 4.81. The predicted molar refractivity (Wildman–Crippen MR) is 114 cm³/mol. The number of nitrogens with one attached hydrogen (secondary N) is 1. The van der Waals surface area contributed by atoms with E-state index in [4.69, 9.17) is 4.74 Å². The summed E-state index contributed by atoms with van der Waals surface area (Å²) >= 11 is 2.81. The minimum Gasteiger partial charge on any atom is -0.466 e. The number of nitrogens with zero attached hydrogens (tertiary/aromatic N) is 2. The molecule has 0 bridgehead atoms. The molecule has 0 aliphatic carbocycles. The van der Waals surface area contributed by atoms with Gasteiger partial charge in [0.15, 0.2) is 4.34 Å². The Morgan fingerprint density at radius 1 is 1.32 bits per heavy atom. The van der Waals surface area contributed by atoms with Crippen LogP contribution in [0.5, 0.6) is 0 Å². The molecule has 0 atom stereocenters. The third-order valence-corrected chi connectivity index (χ3v) is 6.51. The summed E-state index contributed by atoms with van der Waals surface area (Å²) in [5.74, 6) is -0.0706. The Morgan fingerprint density at radius 3 is 2.82 bits per heavy atom. The van der Waals surface area contributed by atoms with Gasteiger partial charge < -0.3 is 15.0 Å². The zero-order valence-electron chi connectivity index (χ0n) is 16.2. The highest BCUT2D eigenvalue weighted by Gasteiger charge is 2.14. The molecule has 1 aromatic carbocycles. The number of carbonyl (C=O) groups excluding carboxylic acids is 2. The van der Waals surface area contributed by atoms with Crippen LogP contribution < -0.4 is 10.2 Å². The lowest BCUT2D eigenvalue weighted by molar-refractivity contribution is -0.142. The number of amides is 1. The molecule has 0 radical (unpaired) electrons. The molecule has 1 aliphatic heterocycles. The van der Waals surface area contributed by atoms with Crippen molar-refractivity contribution >= 4 is 46.3 Å². The van der Waals surface area contributed by atoms with Crippen LogP contribution in [0, 0.1) is 6.92 Å². The third-order valence-electron chi connectivity index (χ3n) is 4.44. The van der Waals surface area contributed by atoms with Crippen LogP contribution in [-0.4, -0.2) is 42.3 Å². The number of thiazole rings is 1. The summed E-state index contributed by atoms with van der Waals surface area (Å²) in [6.45, 7) is 6.37. The van der Waals surface area contributed by atoms with E-state index in [0.717, 1.165) is 28.7 Å². The Labute approximate surface area is 173 Å². The van der Waals surface area contributed by atoms with E-state index < -0.39 is 0 Å². The number of rotatable bonds is 8. The summed E-state index contributed by atoms with van der Waals surface area (Å²) in [6, 6.07) is 6.19. The van der Waals surface area contributed by atoms with Gasteiger partial charge in [-0.25, -0.2) is 4.98 Å². The largest absolute Gasteiger partial charge is 0.466 e. The topological polar surface area (TPSA) is 71.5 Å². The number of aryl methyl sites for hydroxylation is 1. The number of esters is 1. The standard InChI is InChI=1S/C20H25N3O3S2/c1-3-26-19(25)11-15-12-27-20(21-15)28-13-18(24)22-17-7-6-16(10-14(17)2)23-8-4-5-9-23/h6-7,10,12H,3-5,8-9,11,13H2,1-2H3,(H,22,24). The van der Waals surface area contributed by atoms with Gasteiger partial charge in [0.2, 0.25) is 5.91 Å². The molecule has 8 heteroatoms. The fraction of sp³-hybridized carbons (Fsp3) is 0.450. The zero-order valence-corrected chi connectivity index (χ0v) is 17.8. The normalized spacial score (nSPS) is 13.6. The van der Waals surface area contributed by atoms with Gasteiger partial charge in [-0.3, -0.25) is 9.59 Å². The molecule has 1 aliphatic rings. The van der Waals surface area contributed by atoms with E-state index in [1.807, 2.05) is 18.4 Å². The summed E-state index contributed by atoms with van der Waals surface area (Å²) in [5.41, 5.74) is 3.81. The maximum absolute atomic E-state index is 12.3. The lowest BCUT2D eigenvalue weighted by Gasteiger charge is -2.19. The molecular weight excluding hydrogens is 394 g/mol. The van der Waals surface area contributed by atoms with Crippen LogP contribution in [0.2, 0.25) is 0 Å². The van der Waals surface area contributed by atoms with Crippen molar-refractivity contribution in [3.63, 3.8) is 0 Å². The van der Waals surface area contributed by atoms with Gasteiger partial charge >= 0.3 is 5.97 Å². The Bertz CT molecular complexity index is 832. The first kappa shape index (κ1) is 20.7. The molecular formula is C20H25N3O3S2. The molecule has 0 unspecified atom stereocenters. The highest BCUT2D eigenvalue weighted by atomic mass is 32.2. The molecule has 0 saturated carbocycles. The molecule has 1 saturated heterocycles. The fourth-order valence-electron chi connectivity index (χ4n) is 3.07. The number of hydrogen-bond donors (Lipinski definition) is 1. The van der Waals surface area contributed by atoms with E-state index >= 15 is 0 Å². The van der Waals surface area contributed by atoms with Gasteiger partial charge in [0, 0.05) is 29.8 Å². The SMILES string of the molecule is CCOC(=O)Cc1csc(SCC(=O)Nc2ccc(N3CCCC3)cc2C)n1. The van der Waals surface area contributed by atoms with Gasteiger partial charge in [0.1, 0.15) is 0 Å². The van der Waals surface area contributed by atoms with E-state index in [0.29, 0.717) is 12.3 Å². The quantitative estimate of drug-likeness (QED) is 0.517. The van der Waals surface area contributed by atoms with Crippen molar-refractivity contribution in [3.8, 4) is 0 Å². The Kier molecular flexibility index (Phi) is 7.33. The van der Waals surface area contributed by atoms with Crippen molar-refractivity contribution in [3.05, 3.63) is 34.8 Å². The van der Waals surface area contributed by atoms with Crippen LogP contribution in [0.1, 0.15) is 31.0 Å². The lowest BCUT2D eigenvalue weighted by atomic mass is 10.1. The molecule has 2 aromatic rings. The molecule has 6 nitrogen and oxygen atoms in total. The van der Waals surface area contributed by atoms with E-state index in [2.05, 4.69) is 27.3 Å². The second-order valence-corrected chi connectivity index (χ2v) is 8.70. The first-order chi connectivity index (χ1) is 13.5. The number of benzene rings is 1. The van der Waals surface area contributed by atoms with Crippen molar-refractivity contribution in [2.75, 3.05) is 35.7 Å². The second-order valence-electron chi connectivity index (χ2n) is 6.62. The minimum absolute atomic E-state index is 0.0656. The number of carbonyl (C=O) groups is 2. The molecule has 28 heavy (non-hydrogen) atoms. The summed E-state index contributed by atoms with van der Waals surface area (Å²) in [7, 11) is 0. The molecule has 1 N–H and O–H groups in total. The molecule has 1 amide bonds. The third kappa shape index (κ3) is 5.72. The Balaban J connectivity index is 1.49. The van der Waals surface area contributed by atoms with E-state index in [-0.39, 0.29) is 24.1 Å². The molecule has 3 rings (SSSR count). The van der Waals surface area contributed by atoms with Crippen molar-refractivity contribution < 1.29 is 14.3 Å².